The van der Waals surface area contributed by atoms with E-state index in [0.717, 1.165) is 11.3 Å². The highest BCUT2D eigenvalue weighted by atomic mass is 16.5. The molecule has 7 nitrogen and oxygen atoms in total. The monoisotopic (exact) mass is 305 g/mol. The van der Waals surface area contributed by atoms with Crippen LogP contribution in [-0.2, 0) is 9.59 Å². The number of hydrogen-bond acceptors (Lipinski definition) is 4. The van der Waals surface area contributed by atoms with Gasteiger partial charge in [0.15, 0.2) is 0 Å². The molecule has 22 heavy (non-hydrogen) atoms. The molecule has 118 valence electrons. The van der Waals surface area contributed by atoms with Crippen LogP contribution >= 0.6 is 0 Å². The molecule has 0 unspecified atom stereocenters. The molecule has 0 aliphatic carbocycles. The average molecular weight is 305 g/mol. The van der Waals surface area contributed by atoms with Crippen molar-refractivity contribution in [2.75, 3.05) is 19.0 Å². The number of ether oxygens (including phenoxy) is 1. The van der Waals surface area contributed by atoms with Gasteiger partial charge in [0.2, 0.25) is 5.91 Å². The Morgan fingerprint density at radius 3 is 2.86 bits per heavy atom. The number of rotatable bonds is 6. The molecule has 0 radical (unpaired) electrons. The summed E-state index contributed by atoms with van der Waals surface area (Å²) >= 11 is 0. The molecule has 1 saturated heterocycles. The molecule has 2 N–H and O–H groups in total. The first kappa shape index (κ1) is 15.8. The van der Waals surface area contributed by atoms with E-state index >= 15 is 0 Å². The van der Waals surface area contributed by atoms with E-state index < -0.39 is 18.0 Å². The van der Waals surface area contributed by atoms with Crippen molar-refractivity contribution in [2.24, 2.45) is 0 Å². The van der Waals surface area contributed by atoms with Gasteiger partial charge in [-0.1, -0.05) is 19.4 Å². The maximum absolute atomic E-state index is 12.0. The SMILES string of the molecule is CCC[C@H]1NC(=O)N(CC(=O)Nc2cccc(OC)c2)C1=O. The number of methoxy groups -OCH3 is 1. The largest absolute Gasteiger partial charge is 0.497 e. The Hall–Kier alpha value is -2.57. The highest BCUT2D eigenvalue weighted by Gasteiger charge is 2.38. The van der Waals surface area contributed by atoms with Gasteiger partial charge in [0.05, 0.1) is 7.11 Å². The molecule has 1 aromatic rings. The van der Waals surface area contributed by atoms with E-state index in [4.69, 9.17) is 4.74 Å². The molecule has 0 bridgehead atoms. The van der Waals surface area contributed by atoms with Gasteiger partial charge >= 0.3 is 6.03 Å². The van der Waals surface area contributed by atoms with Gasteiger partial charge in [-0.05, 0) is 18.6 Å². The Bertz CT molecular complexity index is 588. The van der Waals surface area contributed by atoms with Gasteiger partial charge in [-0.2, -0.15) is 0 Å². The van der Waals surface area contributed by atoms with Crippen molar-refractivity contribution >= 4 is 23.5 Å². The second kappa shape index (κ2) is 6.93. The number of nitrogens with one attached hydrogen (secondary N) is 2. The molecule has 1 aromatic carbocycles. The highest BCUT2D eigenvalue weighted by Crippen LogP contribution is 2.17. The van der Waals surface area contributed by atoms with E-state index in [1.54, 1.807) is 24.3 Å². The van der Waals surface area contributed by atoms with Gasteiger partial charge < -0.3 is 15.4 Å². The molecule has 0 aromatic heterocycles. The first-order chi connectivity index (χ1) is 10.5. The van der Waals surface area contributed by atoms with Crippen molar-refractivity contribution in [1.29, 1.82) is 0 Å². The van der Waals surface area contributed by atoms with Gasteiger partial charge in [0.1, 0.15) is 18.3 Å². The van der Waals surface area contributed by atoms with Crippen LogP contribution in [0.25, 0.3) is 0 Å². The summed E-state index contributed by atoms with van der Waals surface area (Å²) in [5, 5.41) is 5.22. The zero-order chi connectivity index (χ0) is 16.1. The van der Waals surface area contributed by atoms with Crippen LogP contribution in [-0.4, -0.2) is 42.4 Å². The first-order valence-corrected chi connectivity index (χ1v) is 7.11. The van der Waals surface area contributed by atoms with Crippen LogP contribution in [0.4, 0.5) is 10.5 Å². The molecule has 1 atom stereocenters. The van der Waals surface area contributed by atoms with Gasteiger partial charge in [-0.3, -0.25) is 14.5 Å². The van der Waals surface area contributed by atoms with Crippen LogP contribution in [0.15, 0.2) is 24.3 Å². The number of urea groups is 1. The number of hydrogen-bond donors (Lipinski definition) is 2. The molecular weight excluding hydrogens is 286 g/mol. The summed E-state index contributed by atoms with van der Waals surface area (Å²) in [6, 6.07) is 5.80. The second-order valence-corrected chi connectivity index (χ2v) is 5.00. The average Bonchev–Trinajstić information content (AvgIpc) is 2.75. The summed E-state index contributed by atoms with van der Waals surface area (Å²) in [7, 11) is 1.53. The van der Waals surface area contributed by atoms with E-state index in [-0.39, 0.29) is 12.5 Å². The fourth-order valence-electron chi connectivity index (χ4n) is 2.26. The van der Waals surface area contributed by atoms with Gasteiger partial charge in [-0.15, -0.1) is 0 Å². The minimum atomic E-state index is -0.526. The molecule has 0 saturated carbocycles. The zero-order valence-electron chi connectivity index (χ0n) is 12.6. The second-order valence-electron chi connectivity index (χ2n) is 5.00. The van der Waals surface area contributed by atoms with Crippen LogP contribution in [0.2, 0.25) is 0 Å². The molecule has 2 rings (SSSR count). The van der Waals surface area contributed by atoms with Crippen molar-refractivity contribution in [2.45, 2.75) is 25.8 Å². The standard InChI is InChI=1S/C15H19N3O4/c1-3-5-12-14(20)18(15(21)17-12)9-13(19)16-10-6-4-7-11(8-10)22-2/h4,6-8,12H,3,5,9H2,1-2H3,(H,16,19)(H,17,21)/t12-/m1/s1. The number of anilines is 1. The zero-order valence-corrected chi connectivity index (χ0v) is 12.6. The van der Waals surface area contributed by atoms with Gasteiger partial charge in [0, 0.05) is 11.8 Å². The minimum absolute atomic E-state index is 0.303. The fraction of sp³-hybridized carbons (Fsp3) is 0.400. The first-order valence-electron chi connectivity index (χ1n) is 7.11. The molecule has 1 heterocycles. The molecule has 7 heteroatoms. The number of carbonyl (C=O) groups excluding carboxylic acids is 3. The Morgan fingerprint density at radius 1 is 1.41 bits per heavy atom. The Morgan fingerprint density at radius 2 is 2.18 bits per heavy atom. The lowest BCUT2D eigenvalue weighted by Crippen LogP contribution is -2.38. The third kappa shape index (κ3) is 3.55. The lowest BCUT2D eigenvalue weighted by Gasteiger charge is -2.13. The van der Waals surface area contributed by atoms with Crippen molar-refractivity contribution in [3.8, 4) is 5.75 Å². The summed E-state index contributed by atoms with van der Waals surface area (Å²) in [4.78, 5) is 36.7. The number of imide groups is 1. The number of nitrogens with zero attached hydrogens (tertiary/aromatic N) is 1. The number of benzene rings is 1. The summed E-state index contributed by atoms with van der Waals surface area (Å²) < 4.78 is 5.06. The fourth-order valence-corrected chi connectivity index (χ4v) is 2.26. The van der Waals surface area contributed by atoms with Crippen molar-refractivity contribution in [3.63, 3.8) is 0 Å². The quantitative estimate of drug-likeness (QED) is 0.777. The summed E-state index contributed by atoms with van der Waals surface area (Å²) in [6.45, 7) is 1.62. The van der Waals surface area contributed by atoms with Gasteiger partial charge in [-0.25, -0.2) is 4.79 Å². The molecule has 1 aliphatic rings. The van der Waals surface area contributed by atoms with E-state index in [1.165, 1.54) is 7.11 Å². The van der Waals surface area contributed by atoms with Crippen LogP contribution in [0, 0.1) is 0 Å². The highest BCUT2D eigenvalue weighted by molar-refractivity contribution is 6.07. The third-order valence-corrected chi connectivity index (χ3v) is 3.34. The summed E-state index contributed by atoms with van der Waals surface area (Å²) in [6.07, 6.45) is 1.35. The van der Waals surface area contributed by atoms with Crippen molar-refractivity contribution < 1.29 is 19.1 Å². The predicted molar refractivity (Wildman–Crippen MR) is 80.6 cm³/mol. The molecule has 1 fully saturated rings. The van der Waals surface area contributed by atoms with Crippen molar-refractivity contribution in [3.05, 3.63) is 24.3 Å². The van der Waals surface area contributed by atoms with Crippen LogP contribution < -0.4 is 15.4 Å². The Labute approximate surface area is 128 Å². The predicted octanol–water partition coefficient (Wildman–Crippen LogP) is 1.35. The number of amides is 4. The maximum Gasteiger partial charge on any atom is 0.325 e. The third-order valence-electron chi connectivity index (χ3n) is 3.34. The van der Waals surface area contributed by atoms with Crippen LogP contribution in [0.1, 0.15) is 19.8 Å². The Kier molecular flexibility index (Phi) is 4.98. The lowest BCUT2D eigenvalue weighted by molar-refractivity contribution is -0.130. The Balaban J connectivity index is 1.97. The molecule has 0 spiro atoms. The molecule has 1 aliphatic heterocycles. The normalized spacial score (nSPS) is 17.4. The molecule has 4 amide bonds. The van der Waals surface area contributed by atoms with Crippen LogP contribution in [0.5, 0.6) is 5.75 Å². The summed E-state index contributed by atoms with van der Waals surface area (Å²) in [5.41, 5.74) is 0.543. The van der Waals surface area contributed by atoms with E-state index in [0.29, 0.717) is 17.9 Å². The topological polar surface area (TPSA) is 87.7 Å². The van der Waals surface area contributed by atoms with E-state index in [1.807, 2.05) is 6.92 Å². The van der Waals surface area contributed by atoms with E-state index in [2.05, 4.69) is 10.6 Å². The minimum Gasteiger partial charge on any atom is -0.497 e. The van der Waals surface area contributed by atoms with Crippen LogP contribution in [0.3, 0.4) is 0 Å². The van der Waals surface area contributed by atoms with Crippen molar-refractivity contribution in [1.82, 2.24) is 10.2 Å². The molecular formula is C15H19N3O4. The number of carbonyl (C=O) groups is 3. The van der Waals surface area contributed by atoms with Gasteiger partial charge in [0.25, 0.3) is 5.91 Å². The van der Waals surface area contributed by atoms with E-state index in [9.17, 15) is 14.4 Å². The lowest BCUT2D eigenvalue weighted by atomic mass is 10.2. The maximum atomic E-state index is 12.0. The smallest absolute Gasteiger partial charge is 0.325 e. The summed E-state index contributed by atoms with van der Waals surface area (Å²) in [5.74, 6) is -0.183.